The van der Waals surface area contributed by atoms with Crippen LogP contribution in [0.1, 0.15) is 41.7 Å². The minimum atomic E-state index is -0.580. The van der Waals surface area contributed by atoms with Crippen LogP contribution in [0.2, 0.25) is 0 Å². The third-order valence-corrected chi connectivity index (χ3v) is 6.19. The van der Waals surface area contributed by atoms with Crippen molar-refractivity contribution < 1.29 is 14.3 Å². The van der Waals surface area contributed by atoms with Crippen molar-refractivity contribution in [1.82, 2.24) is 9.97 Å². The lowest BCUT2D eigenvalue weighted by Gasteiger charge is -2.30. The molecule has 1 amide bonds. The second-order valence-electron chi connectivity index (χ2n) is 8.10. The van der Waals surface area contributed by atoms with Gasteiger partial charge in [0.2, 0.25) is 5.95 Å². The quantitative estimate of drug-likeness (QED) is 0.554. The molecule has 7 heteroatoms. The van der Waals surface area contributed by atoms with Crippen LogP contribution >= 0.6 is 0 Å². The highest BCUT2D eigenvalue weighted by Crippen LogP contribution is 2.43. The van der Waals surface area contributed by atoms with Gasteiger partial charge in [-0.05, 0) is 36.6 Å². The summed E-state index contributed by atoms with van der Waals surface area (Å²) in [6.45, 7) is 0.638. The smallest absolute Gasteiger partial charge is 0.267 e. The summed E-state index contributed by atoms with van der Waals surface area (Å²) in [5, 5.41) is 3.40. The summed E-state index contributed by atoms with van der Waals surface area (Å²) in [4.78, 5) is 20.9. The number of hydrogen-bond donors (Lipinski definition) is 2. The van der Waals surface area contributed by atoms with Crippen LogP contribution in [0.25, 0.3) is 11.3 Å². The van der Waals surface area contributed by atoms with E-state index in [1.807, 2.05) is 36.4 Å². The predicted molar refractivity (Wildman–Crippen MR) is 124 cm³/mol. The molecule has 0 aliphatic heterocycles. The van der Waals surface area contributed by atoms with Gasteiger partial charge in [0, 0.05) is 17.5 Å². The zero-order chi connectivity index (χ0) is 22.6. The number of carbonyl (C=O) groups is 1. The van der Waals surface area contributed by atoms with E-state index >= 15 is 0 Å². The fourth-order valence-corrected chi connectivity index (χ4v) is 4.44. The molecule has 0 unspecified atom stereocenters. The molecule has 0 bridgehead atoms. The normalized spacial score (nSPS) is 14.7. The zero-order valence-electron chi connectivity index (χ0n) is 18.4. The number of anilines is 1. The summed E-state index contributed by atoms with van der Waals surface area (Å²) in [7, 11) is 3.29. The molecule has 0 atom stereocenters. The number of rotatable bonds is 8. The van der Waals surface area contributed by atoms with E-state index in [1.54, 1.807) is 20.3 Å². The Morgan fingerprint density at radius 2 is 1.72 bits per heavy atom. The van der Waals surface area contributed by atoms with E-state index in [2.05, 4.69) is 27.4 Å². The molecule has 0 spiro atoms. The molecule has 7 nitrogen and oxygen atoms in total. The van der Waals surface area contributed by atoms with Gasteiger partial charge in [-0.1, -0.05) is 49.2 Å². The third kappa shape index (κ3) is 4.37. The maximum absolute atomic E-state index is 11.9. The second kappa shape index (κ2) is 9.26. The van der Waals surface area contributed by atoms with E-state index in [4.69, 9.17) is 15.2 Å². The molecule has 2 aromatic carbocycles. The van der Waals surface area contributed by atoms with Crippen LogP contribution in [0, 0.1) is 0 Å². The SMILES string of the molecule is COc1ccc(C2(CNc3nc(C(N)=O)cc(-c4ccccc4)n3)CCCC2)cc1OC. The minimum absolute atomic E-state index is 0.0848. The van der Waals surface area contributed by atoms with E-state index < -0.39 is 5.91 Å². The molecule has 4 rings (SSSR count). The molecule has 1 aliphatic carbocycles. The molecule has 3 aromatic rings. The van der Waals surface area contributed by atoms with Crippen molar-refractivity contribution in [2.24, 2.45) is 5.73 Å². The molecule has 1 aliphatic rings. The van der Waals surface area contributed by atoms with Gasteiger partial charge in [-0.25, -0.2) is 9.97 Å². The molecule has 3 N–H and O–H groups in total. The Hall–Kier alpha value is -3.61. The topological polar surface area (TPSA) is 99.4 Å². The van der Waals surface area contributed by atoms with Crippen LogP contribution in [0.4, 0.5) is 5.95 Å². The molecule has 166 valence electrons. The fraction of sp³-hybridized carbons (Fsp3) is 0.320. The summed E-state index contributed by atoms with van der Waals surface area (Å²) < 4.78 is 10.9. The molecular weight excluding hydrogens is 404 g/mol. The van der Waals surface area contributed by atoms with Crippen molar-refractivity contribution in [3.8, 4) is 22.8 Å². The number of benzene rings is 2. The van der Waals surface area contributed by atoms with Gasteiger partial charge in [0.15, 0.2) is 11.5 Å². The molecule has 0 saturated heterocycles. The van der Waals surface area contributed by atoms with E-state index in [1.165, 1.54) is 5.56 Å². The van der Waals surface area contributed by atoms with E-state index in [-0.39, 0.29) is 11.1 Å². The second-order valence-corrected chi connectivity index (χ2v) is 8.10. The molecule has 1 aromatic heterocycles. The van der Waals surface area contributed by atoms with E-state index in [0.717, 1.165) is 37.0 Å². The largest absolute Gasteiger partial charge is 0.493 e. The Morgan fingerprint density at radius 1 is 1.00 bits per heavy atom. The standard InChI is InChI=1S/C25H28N4O3/c1-31-21-11-10-18(14-22(21)32-2)25(12-6-7-13-25)16-27-24-28-19(15-20(29-24)23(26)30)17-8-4-3-5-9-17/h3-5,8-11,14-15H,6-7,12-13,16H2,1-2H3,(H2,26,30)(H,27,28,29). The van der Waals surface area contributed by atoms with Crippen LogP contribution < -0.4 is 20.5 Å². The lowest BCUT2D eigenvalue weighted by atomic mass is 9.78. The predicted octanol–water partition coefficient (Wildman–Crippen LogP) is 4.18. The van der Waals surface area contributed by atoms with E-state index in [0.29, 0.717) is 23.9 Å². The Balaban J connectivity index is 1.65. The fourth-order valence-electron chi connectivity index (χ4n) is 4.44. The van der Waals surface area contributed by atoms with Crippen molar-refractivity contribution in [2.45, 2.75) is 31.1 Å². The number of primary amides is 1. The average Bonchev–Trinajstić information content (AvgIpc) is 3.33. The van der Waals surface area contributed by atoms with Gasteiger partial charge in [0.05, 0.1) is 19.9 Å². The van der Waals surface area contributed by atoms with Crippen LogP contribution in [0.5, 0.6) is 11.5 Å². The Labute approximate surface area is 188 Å². The Bertz CT molecular complexity index is 1100. The highest BCUT2D eigenvalue weighted by atomic mass is 16.5. The average molecular weight is 433 g/mol. The van der Waals surface area contributed by atoms with Crippen molar-refractivity contribution in [2.75, 3.05) is 26.1 Å². The van der Waals surface area contributed by atoms with Crippen LogP contribution in [0.15, 0.2) is 54.6 Å². The molecular formula is C25H28N4O3. The van der Waals surface area contributed by atoms with Gasteiger partial charge < -0.3 is 20.5 Å². The Kier molecular flexibility index (Phi) is 6.25. The van der Waals surface area contributed by atoms with Gasteiger partial charge in [-0.15, -0.1) is 0 Å². The third-order valence-electron chi connectivity index (χ3n) is 6.19. The molecule has 32 heavy (non-hydrogen) atoms. The first-order chi connectivity index (χ1) is 15.5. The van der Waals surface area contributed by atoms with Gasteiger partial charge in [-0.3, -0.25) is 4.79 Å². The number of hydrogen-bond acceptors (Lipinski definition) is 6. The Morgan fingerprint density at radius 3 is 2.38 bits per heavy atom. The number of aromatic nitrogens is 2. The molecule has 1 heterocycles. The number of methoxy groups -OCH3 is 2. The highest BCUT2D eigenvalue weighted by Gasteiger charge is 2.36. The van der Waals surface area contributed by atoms with E-state index in [9.17, 15) is 4.79 Å². The molecule has 1 saturated carbocycles. The van der Waals surface area contributed by atoms with Crippen molar-refractivity contribution >= 4 is 11.9 Å². The summed E-state index contributed by atoms with van der Waals surface area (Å²) in [5.74, 6) is 1.24. The lowest BCUT2D eigenvalue weighted by Crippen LogP contribution is -2.32. The first-order valence-electron chi connectivity index (χ1n) is 10.8. The van der Waals surface area contributed by atoms with Crippen molar-refractivity contribution in [3.05, 3.63) is 65.9 Å². The number of nitrogens with one attached hydrogen (secondary N) is 1. The zero-order valence-corrected chi connectivity index (χ0v) is 18.4. The summed E-state index contributed by atoms with van der Waals surface area (Å²) >= 11 is 0. The summed E-state index contributed by atoms with van der Waals surface area (Å²) in [6.07, 6.45) is 4.37. The first-order valence-corrected chi connectivity index (χ1v) is 10.8. The minimum Gasteiger partial charge on any atom is -0.493 e. The van der Waals surface area contributed by atoms with Gasteiger partial charge >= 0.3 is 0 Å². The van der Waals surface area contributed by atoms with Gasteiger partial charge in [0.1, 0.15) is 5.69 Å². The summed E-state index contributed by atoms with van der Waals surface area (Å²) in [5.41, 5.74) is 8.39. The van der Waals surface area contributed by atoms with Gasteiger partial charge in [-0.2, -0.15) is 0 Å². The molecule has 0 radical (unpaired) electrons. The molecule has 1 fully saturated rings. The lowest BCUT2D eigenvalue weighted by molar-refractivity contribution is 0.0995. The number of carbonyl (C=O) groups excluding carboxylic acids is 1. The first kappa shape index (κ1) is 21.6. The van der Waals surface area contributed by atoms with Crippen LogP contribution in [-0.4, -0.2) is 36.6 Å². The van der Waals surface area contributed by atoms with Crippen molar-refractivity contribution in [3.63, 3.8) is 0 Å². The van der Waals surface area contributed by atoms with Crippen LogP contribution in [0.3, 0.4) is 0 Å². The van der Waals surface area contributed by atoms with Gasteiger partial charge in [0.25, 0.3) is 5.91 Å². The maximum atomic E-state index is 11.9. The summed E-state index contributed by atoms with van der Waals surface area (Å²) in [6, 6.07) is 17.4. The highest BCUT2D eigenvalue weighted by molar-refractivity contribution is 5.92. The number of amides is 1. The number of nitrogens with zero attached hydrogens (tertiary/aromatic N) is 2. The maximum Gasteiger partial charge on any atom is 0.267 e. The van der Waals surface area contributed by atoms with Crippen molar-refractivity contribution in [1.29, 1.82) is 0 Å². The number of nitrogens with two attached hydrogens (primary N) is 1. The van der Waals surface area contributed by atoms with Crippen LogP contribution in [-0.2, 0) is 5.41 Å². The number of ether oxygens (including phenoxy) is 2. The monoisotopic (exact) mass is 432 g/mol.